The van der Waals surface area contributed by atoms with Gasteiger partial charge >= 0.3 is 0 Å². The zero-order valence-corrected chi connectivity index (χ0v) is 26.1. The van der Waals surface area contributed by atoms with E-state index in [4.69, 9.17) is 16.1 Å². The summed E-state index contributed by atoms with van der Waals surface area (Å²) in [6.45, 7) is 7.68. The second kappa shape index (κ2) is 16.0. The van der Waals surface area contributed by atoms with E-state index < -0.39 is 35.9 Å². The van der Waals surface area contributed by atoms with Crippen molar-refractivity contribution in [3.8, 4) is 6.07 Å². The molecule has 3 atom stereocenters. The van der Waals surface area contributed by atoms with E-state index in [2.05, 4.69) is 21.1 Å². The predicted molar refractivity (Wildman–Crippen MR) is 162 cm³/mol. The topological polar surface area (TPSA) is 178 Å². The number of aryl methyl sites for hydroxylation is 1. The van der Waals surface area contributed by atoms with Crippen LogP contribution >= 0.6 is 11.6 Å². The third-order valence-electron chi connectivity index (χ3n) is 7.27. The molecule has 0 bridgehead atoms. The van der Waals surface area contributed by atoms with E-state index in [1.54, 1.807) is 42.2 Å². The first-order chi connectivity index (χ1) is 20.9. The van der Waals surface area contributed by atoms with Crippen molar-refractivity contribution in [2.45, 2.75) is 71.7 Å². The molecule has 0 saturated carbocycles. The van der Waals surface area contributed by atoms with Crippen LogP contribution in [0.1, 0.15) is 61.8 Å². The first kappa shape index (κ1) is 34.3. The van der Waals surface area contributed by atoms with Gasteiger partial charge in [-0.3, -0.25) is 19.2 Å². The average Bonchev–Trinajstić information content (AvgIpc) is 3.43. The number of nitrogens with one attached hydrogen (secondary N) is 3. The number of aliphatic hydroxyl groups excluding tert-OH is 1. The van der Waals surface area contributed by atoms with Crippen molar-refractivity contribution in [3.05, 3.63) is 64.0 Å². The molecule has 2 aromatic rings. The number of nitrogens with zero attached hydrogens (tertiary/aromatic N) is 3. The molecule has 2 heterocycles. The summed E-state index contributed by atoms with van der Waals surface area (Å²) < 4.78 is 4.96. The van der Waals surface area contributed by atoms with Gasteiger partial charge < -0.3 is 30.5 Å². The van der Waals surface area contributed by atoms with Crippen LogP contribution in [-0.2, 0) is 20.9 Å². The Balaban J connectivity index is 1.72. The van der Waals surface area contributed by atoms with Gasteiger partial charge in [0.15, 0.2) is 0 Å². The summed E-state index contributed by atoms with van der Waals surface area (Å²) in [6.07, 6.45) is 1.70. The number of halogens is 1. The first-order valence-corrected chi connectivity index (χ1v) is 14.9. The van der Waals surface area contributed by atoms with Crippen molar-refractivity contribution in [1.82, 2.24) is 26.0 Å². The van der Waals surface area contributed by atoms with Crippen LogP contribution in [0.15, 0.2) is 46.5 Å². The summed E-state index contributed by atoms with van der Waals surface area (Å²) in [5.41, 5.74) is 1.27. The quantitative estimate of drug-likeness (QED) is 0.205. The summed E-state index contributed by atoms with van der Waals surface area (Å²) in [6, 6.07) is 8.03. The van der Waals surface area contributed by atoms with E-state index in [1.807, 2.05) is 19.9 Å². The van der Waals surface area contributed by atoms with E-state index in [0.717, 1.165) is 0 Å². The van der Waals surface area contributed by atoms with E-state index in [9.17, 15) is 29.5 Å². The Morgan fingerprint density at radius 1 is 1.16 bits per heavy atom. The number of aromatic nitrogens is 1. The first-order valence-electron chi connectivity index (χ1n) is 14.5. The van der Waals surface area contributed by atoms with Crippen LogP contribution in [-0.4, -0.2) is 70.1 Å². The molecule has 236 valence electrons. The second-order valence-electron chi connectivity index (χ2n) is 11.3. The number of rotatable bonds is 12. The third kappa shape index (κ3) is 9.65. The number of benzene rings is 1. The number of hydrogen-bond acceptors (Lipinski definition) is 8. The number of hydrogen-bond donors (Lipinski definition) is 4. The summed E-state index contributed by atoms with van der Waals surface area (Å²) >= 11 is 6.25. The summed E-state index contributed by atoms with van der Waals surface area (Å²) in [5, 5.41) is 31.9. The smallest absolute Gasteiger partial charge is 0.290 e. The van der Waals surface area contributed by atoms with Gasteiger partial charge in [-0.25, -0.2) is 0 Å². The highest BCUT2D eigenvalue weighted by Gasteiger charge is 2.33. The molecule has 1 aromatic heterocycles. The maximum absolute atomic E-state index is 13.4. The molecule has 13 heteroatoms. The fourth-order valence-corrected chi connectivity index (χ4v) is 5.10. The van der Waals surface area contributed by atoms with Crippen molar-refractivity contribution in [3.63, 3.8) is 0 Å². The highest BCUT2D eigenvalue weighted by Crippen LogP contribution is 2.24. The minimum atomic E-state index is -1.39. The van der Waals surface area contributed by atoms with E-state index in [-0.39, 0.29) is 42.0 Å². The number of aliphatic hydroxyl groups is 1. The normalized spacial score (nSPS) is 16.0. The molecule has 0 aliphatic carbocycles. The lowest BCUT2D eigenvalue weighted by Gasteiger charge is -2.34. The Hall–Kier alpha value is -4.21. The maximum atomic E-state index is 13.4. The molecule has 0 spiro atoms. The largest absolute Gasteiger partial charge is 0.391 e. The van der Waals surface area contributed by atoms with Crippen molar-refractivity contribution < 1.29 is 28.8 Å². The number of amides is 4. The van der Waals surface area contributed by atoms with Crippen LogP contribution in [0.3, 0.4) is 0 Å². The molecule has 3 rings (SSSR count). The molecule has 0 radical (unpaired) electrons. The number of nitriles is 1. The number of likely N-dealkylation sites (tertiary alicyclic amines) is 1. The molecule has 1 aliphatic rings. The second-order valence-corrected chi connectivity index (χ2v) is 11.7. The van der Waals surface area contributed by atoms with Crippen LogP contribution in [0.25, 0.3) is 0 Å². The van der Waals surface area contributed by atoms with Gasteiger partial charge in [-0.2, -0.15) is 5.26 Å². The summed E-state index contributed by atoms with van der Waals surface area (Å²) in [4.78, 5) is 53.9. The van der Waals surface area contributed by atoms with Gasteiger partial charge in [0.05, 0.1) is 11.8 Å². The third-order valence-corrected chi connectivity index (χ3v) is 7.64. The molecule has 1 fully saturated rings. The molecule has 12 nitrogen and oxygen atoms in total. The Morgan fingerprint density at radius 2 is 1.84 bits per heavy atom. The number of allylic oxidation sites excluding steroid dienone is 1. The highest BCUT2D eigenvalue weighted by atomic mass is 35.5. The van der Waals surface area contributed by atoms with Crippen LogP contribution < -0.4 is 16.0 Å². The van der Waals surface area contributed by atoms with Crippen molar-refractivity contribution in [1.29, 1.82) is 5.26 Å². The van der Waals surface area contributed by atoms with E-state index in [0.29, 0.717) is 42.2 Å². The van der Waals surface area contributed by atoms with Crippen molar-refractivity contribution in [2.24, 2.45) is 11.8 Å². The molecule has 4 N–H and O–H groups in total. The average molecular weight is 627 g/mol. The fraction of sp³-hybridized carbons (Fsp3) is 0.484. The molecule has 4 amide bonds. The minimum absolute atomic E-state index is 0.0354. The zero-order valence-electron chi connectivity index (χ0n) is 25.3. The molecule has 3 unspecified atom stereocenters. The van der Waals surface area contributed by atoms with Crippen molar-refractivity contribution >= 4 is 35.2 Å². The molecule has 1 aliphatic heterocycles. The number of carbonyl (C=O) groups is 4. The Labute approximate surface area is 261 Å². The summed E-state index contributed by atoms with van der Waals surface area (Å²) in [5.74, 6) is -2.40. The highest BCUT2D eigenvalue weighted by molar-refractivity contribution is 6.31. The SMILES string of the molecule is Cc1cc(C(=O)NC(C(=O)NC(CC2CCN(C(=O)C(C#N)=CC(C)C)CC2)C(=O)NCc2ccccc2Cl)C(C)O)on1. The Morgan fingerprint density at radius 3 is 2.41 bits per heavy atom. The fourth-order valence-electron chi connectivity index (χ4n) is 4.89. The van der Waals surface area contributed by atoms with Crippen LogP contribution in [0.5, 0.6) is 0 Å². The van der Waals surface area contributed by atoms with Crippen LogP contribution in [0, 0.1) is 30.1 Å². The standard InChI is InChI=1S/C31H39ClN6O6/c1-18(2)13-23(16-33)31(43)38-11-9-21(10-12-38)15-25(28(40)34-17-22-7-5-6-8-24(22)32)35-30(42)27(20(4)39)36-29(41)26-14-19(3)37-44-26/h5-8,13-14,18,20-21,25,27,39H,9-12,15,17H2,1-4H3,(H,34,40)(H,35,42)(H,36,41). The Bertz CT molecular complexity index is 1410. The lowest BCUT2D eigenvalue weighted by Crippen LogP contribution is -2.57. The van der Waals surface area contributed by atoms with Gasteiger partial charge in [-0.15, -0.1) is 0 Å². The number of piperidine rings is 1. The van der Waals surface area contributed by atoms with Gasteiger partial charge in [-0.1, -0.05) is 54.9 Å². The lowest BCUT2D eigenvalue weighted by molar-refractivity contribution is -0.132. The predicted octanol–water partition coefficient (Wildman–Crippen LogP) is 2.65. The minimum Gasteiger partial charge on any atom is -0.391 e. The maximum Gasteiger partial charge on any atom is 0.290 e. The van der Waals surface area contributed by atoms with Gasteiger partial charge in [0.2, 0.25) is 17.6 Å². The molecule has 1 saturated heterocycles. The van der Waals surface area contributed by atoms with Gasteiger partial charge in [0, 0.05) is 30.7 Å². The van der Waals surface area contributed by atoms with Gasteiger partial charge in [0.25, 0.3) is 11.8 Å². The zero-order chi connectivity index (χ0) is 32.4. The molecular weight excluding hydrogens is 588 g/mol. The van der Waals surface area contributed by atoms with Crippen LogP contribution in [0.2, 0.25) is 5.02 Å². The molecule has 44 heavy (non-hydrogen) atoms. The Kier molecular flexibility index (Phi) is 12.5. The number of carbonyl (C=O) groups excluding carboxylic acids is 4. The van der Waals surface area contributed by atoms with Crippen LogP contribution in [0.4, 0.5) is 0 Å². The molecular formula is C31H39ClN6O6. The van der Waals surface area contributed by atoms with E-state index in [1.165, 1.54) is 13.0 Å². The van der Waals surface area contributed by atoms with Gasteiger partial charge in [-0.05, 0) is 56.6 Å². The molecule has 1 aromatic carbocycles. The monoisotopic (exact) mass is 626 g/mol. The lowest BCUT2D eigenvalue weighted by atomic mass is 9.89. The van der Waals surface area contributed by atoms with Gasteiger partial charge in [0.1, 0.15) is 23.7 Å². The van der Waals surface area contributed by atoms with Crippen molar-refractivity contribution in [2.75, 3.05) is 13.1 Å². The summed E-state index contributed by atoms with van der Waals surface area (Å²) in [7, 11) is 0. The van der Waals surface area contributed by atoms with E-state index >= 15 is 0 Å².